The Labute approximate surface area is 143 Å². The van der Waals surface area contributed by atoms with E-state index in [0.717, 1.165) is 23.1 Å². The Balaban J connectivity index is 2.20. The van der Waals surface area contributed by atoms with Gasteiger partial charge in [0.2, 0.25) is 0 Å². The molecule has 0 saturated carbocycles. The van der Waals surface area contributed by atoms with Crippen LogP contribution in [0.15, 0.2) is 91.0 Å². The maximum Gasteiger partial charge on any atom is 0.143 e. The highest BCUT2D eigenvalue weighted by molar-refractivity contribution is 5.47. The molecule has 3 aromatic rings. The second-order valence-corrected chi connectivity index (χ2v) is 5.77. The Morgan fingerprint density at radius 1 is 0.625 bits per heavy atom. The Morgan fingerprint density at radius 2 is 1.00 bits per heavy atom. The maximum atomic E-state index is 6.55. The average molecular weight is 317 g/mol. The molecule has 0 saturated heterocycles. The molecule has 122 valence electrons. The van der Waals surface area contributed by atoms with Crippen molar-refractivity contribution < 1.29 is 4.74 Å². The van der Waals surface area contributed by atoms with Crippen LogP contribution < -0.4 is 5.73 Å². The van der Waals surface area contributed by atoms with Gasteiger partial charge < -0.3 is 10.5 Å². The van der Waals surface area contributed by atoms with E-state index in [1.54, 1.807) is 0 Å². The quantitative estimate of drug-likeness (QED) is 0.519. The van der Waals surface area contributed by atoms with Gasteiger partial charge in [-0.05, 0) is 29.7 Å². The Morgan fingerprint density at radius 3 is 1.33 bits per heavy atom. The van der Waals surface area contributed by atoms with E-state index in [2.05, 4.69) is 72.8 Å². The summed E-state index contributed by atoms with van der Waals surface area (Å²) in [6, 6.07) is 31.2. The number of nitrogens with two attached hydrogens (primary N) is 1. The van der Waals surface area contributed by atoms with Crippen molar-refractivity contribution in [3.05, 3.63) is 108 Å². The van der Waals surface area contributed by atoms with Gasteiger partial charge in [0.15, 0.2) is 0 Å². The van der Waals surface area contributed by atoms with Crippen molar-refractivity contribution >= 4 is 0 Å². The molecular weight excluding hydrogens is 294 g/mol. The summed E-state index contributed by atoms with van der Waals surface area (Å²) >= 11 is 0. The third-order valence-corrected chi connectivity index (χ3v) is 4.21. The standard InChI is InChI=1S/C22H23NO/c23-17-10-18-24-22(19-11-4-1-5-12-19,20-13-6-2-7-14-20)21-15-8-3-9-16-21/h1-9,11-16H,10,17-18,23H2. The van der Waals surface area contributed by atoms with Gasteiger partial charge in [0.1, 0.15) is 5.60 Å². The molecule has 2 N–H and O–H groups in total. The minimum Gasteiger partial charge on any atom is -0.361 e. The summed E-state index contributed by atoms with van der Waals surface area (Å²) in [4.78, 5) is 0. The predicted octanol–water partition coefficient (Wildman–Crippen LogP) is 4.34. The van der Waals surface area contributed by atoms with Crippen LogP contribution in [0.25, 0.3) is 0 Å². The van der Waals surface area contributed by atoms with Crippen LogP contribution in [0, 0.1) is 0 Å². The third kappa shape index (κ3) is 3.25. The second-order valence-electron chi connectivity index (χ2n) is 5.77. The van der Waals surface area contributed by atoms with E-state index in [-0.39, 0.29) is 0 Å². The van der Waals surface area contributed by atoms with Gasteiger partial charge >= 0.3 is 0 Å². The summed E-state index contributed by atoms with van der Waals surface area (Å²) in [6.45, 7) is 1.23. The van der Waals surface area contributed by atoms with Gasteiger partial charge in [-0.3, -0.25) is 0 Å². The van der Waals surface area contributed by atoms with Gasteiger partial charge in [-0.15, -0.1) is 0 Å². The van der Waals surface area contributed by atoms with Crippen LogP contribution >= 0.6 is 0 Å². The first-order valence-corrected chi connectivity index (χ1v) is 8.38. The normalized spacial score (nSPS) is 11.4. The molecule has 0 aliphatic carbocycles. The van der Waals surface area contributed by atoms with Crippen molar-refractivity contribution in [1.82, 2.24) is 0 Å². The summed E-state index contributed by atoms with van der Waals surface area (Å²) < 4.78 is 6.55. The zero-order valence-corrected chi connectivity index (χ0v) is 13.8. The SMILES string of the molecule is NCCCOC(c1ccccc1)(c1ccccc1)c1ccccc1. The molecule has 3 aromatic carbocycles. The summed E-state index contributed by atoms with van der Waals surface area (Å²) in [5.41, 5.74) is 8.44. The highest BCUT2D eigenvalue weighted by atomic mass is 16.5. The number of rotatable bonds is 7. The number of hydrogen-bond donors (Lipinski definition) is 1. The summed E-state index contributed by atoms with van der Waals surface area (Å²) in [5, 5.41) is 0. The minimum absolute atomic E-state index is 0.606. The lowest BCUT2D eigenvalue weighted by atomic mass is 9.80. The van der Waals surface area contributed by atoms with Crippen LogP contribution in [0.1, 0.15) is 23.1 Å². The first-order valence-electron chi connectivity index (χ1n) is 8.38. The fourth-order valence-electron chi connectivity index (χ4n) is 3.08. The lowest BCUT2D eigenvalue weighted by Gasteiger charge is -2.36. The maximum absolute atomic E-state index is 6.55. The molecule has 24 heavy (non-hydrogen) atoms. The molecule has 0 amide bonds. The Hall–Kier alpha value is -2.42. The molecule has 2 heteroatoms. The predicted molar refractivity (Wildman–Crippen MR) is 98.8 cm³/mol. The number of ether oxygens (including phenoxy) is 1. The highest BCUT2D eigenvalue weighted by Crippen LogP contribution is 2.40. The first-order chi connectivity index (χ1) is 11.9. The molecule has 0 aromatic heterocycles. The number of benzene rings is 3. The molecule has 0 atom stereocenters. The topological polar surface area (TPSA) is 35.2 Å². The molecule has 0 aliphatic rings. The van der Waals surface area contributed by atoms with Gasteiger partial charge in [0.05, 0.1) is 0 Å². The third-order valence-electron chi connectivity index (χ3n) is 4.21. The molecule has 0 fully saturated rings. The fourth-order valence-corrected chi connectivity index (χ4v) is 3.08. The van der Waals surface area contributed by atoms with Crippen molar-refractivity contribution in [2.24, 2.45) is 5.73 Å². The molecule has 2 nitrogen and oxygen atoms in total. The van der Waals surface area contributed by atoms with E-state index in [1.807, 2.05) is 18.2 Å². The molecular formula is C22H23NO. The smallest absolute Gasteiger partial charge is 0.143 e. The molecule has 0 heterocycles. The number of hydrogen-bond acceptors (Lipinski definition) is 2. The van der Waals surface area contributed by atoms with Crippen LogP contribution in [-0.4, -0.2) is 13.2 Å². The van der Waals surface area contributed by atoms with E-state index < -0.39 is 5.60 Å². The van der Waals surface area contributed by atoms with Crippen molar-refractivity contribution in [1.29, 1.82) is 0 Å². The lowest BCUT2D eigenvalue weighted by molar-refractivity contribution is 0.0124. The van der Waals surface area contributed by atoms with Crippen LogP contribution in [-0.2, 0) is 10.3 Å². The molecule has 3 rings (SSSR count). The van der Waals surface area contributed by atoms with Crippen LogP contribution in [0.3, 0.4) is 0 Å². The summed E-state index contributed by atoms with van der Waals surface area (Å²) in [6.07, 6.45) is 0.828. The lowest BCUT2D eigenvalue weighted by Crippen LogP contribution is -2.33. The zero-order valence-electron chi connectivity index (χ0n) is 13.8. The summed E-state index contributed by atoms with van der Waals surface area (Å²) in [5.74, 6) is 0. The van der Waals surface area contributed by atoms with Crippen LogP contribution in [0.4, 0.5) is 0 Å². The second kappa shape index (κ2) is 7.91. The van der Waals surface area contributed by atoms with Crippen molar-refractivity contribution in [3.63, 3.8) is 0 Å². The highest BCUT2D eigenvalue weighted by Gasteiger charge is 2.37. The van der Waals surface area contributed by atoms with Crippen LogP contribution in [0.2, 0.25) is 0 Å². The van der Waals surface area contributed by atoms with Crippen molar-refractivity contribution in [2.75, 3.05) is 13.2 Å². The first kappa shape index (κ1) is 16.4. The van der Waals surface area contributed by atoms with E-state index >= 15 is 0 Å². The monoisotopic (exact) mass is 317 g/mol. The minimum atomic E-state index is -0.626. The average Bonchev–Trinajstić information content (AvgIpc) is 2.68. The van der Waals surface area contributed by atoms with E-state index in [1.165, 1.54) is 0 Å². The Bertz CT molecular complexity index is 629. The molecule has 0 radical (unpaired) electrons. The molecule has 0 bridgehead atoms. The molecule has 0 spiro atoms. The van der Waals surface area contributed by atoms with E-state index in [0.29, 0.717) is 13.2 Å². The van der Waals surface area contributed by atoms with Crippen molar-refractivity contribution in [3.8, 4) is 0 Å². The van der Waals surface area contributed by atoms with E-state index in [4.69, 9.17) is 10.5 Å². The molecule has 0 aliphatic heterocycles. The van der Waals surface area contributed by atoms with Crippen LogP contribution in [0.5, 0.6) is 0 Å². The Kier molecular flexibility index (Phi) is 5.42. The van der Waals surface area contributed by atoms with Gasteiger partial charge in [0.25, 0.3) is 0 Å². The van der Waals surface area contributed by atoms with Gasteiger partial charge in [-0.1, -0.05) is 91.0 Å². The fraction of sp³-hybridized carbons (Fsp3) is 0.182. The van der Waals surface area contributed by atoms with Gasteiger partial charge in [-0.25, -0.2) is 0 Å². The van der Waals surface area contributed by atoms with E-state index in [9.17, 15) is 0 Å². The van der Waals surface area contributed by atoms with Gasteiger partial charge in [0, 0.05) is 6.61 Å². The van der Waals surface area contributed by atoms with Crippen molar-refractivity contribution in [2.45, 2.75) is 12.0 Å². The largest absolute Gasteiger partial charge is 0.361 e. The molecule has 0 unspecified atom stereocenters. The van der Waals surface area contributed by atoms with Gasteiger partial charge in [-0.2, -0.15) is 0 Å². The zero-order chi connectivity index (χ0) is 16.7. The summed E-state index contributed by atoms with van der Waals surface area (Å²) in [7, 11) is 0.